The largest absolute Gasteiger partial charge is 0.390 e. The SMILES string of the molecule is CC1(C)CCC(O)(Cc2cccc(Cl)c2)CC1. The highest BCUT2D eigenvalue weighted by molar-refractivity contribution is 6.30. The lowest BCUT2D eigenvalue weighted by molar-refractivity contribution is -0.0251. The zero-order valence-corrected chi connectivity index (χ0v) is 11.4. The molecular formula is C15H21ClO. The molecule has 1 aliphatic rings. The molecule has 1 aromatic rings. The smallest absolute Gasteiger partial charge is 0.0688 e. The van der Waals surface area contributed by atoms with Crippen molar-refractivity contribution in [3.63, 3.8) is 0 Å². The summed E-state index contributed by atoms with van der Waals surface area (Å²) in [4.78, 5) is 0. The van der Waals surface area contributed by atoms with E-state index < -0.39 is 5.60 Å². The first-order valence-corrected chi connectivity index (χ1v) is 6.73. The molecule has 0 spiro atoms. The van der Waals surface area contributed by atoms with Gasteiger partial charge in [0.1, 0.15) is 0 Å². The Hall–Kier alpha value is -0.530. The van der Waals surface area contributed by atoms with E-state index in [-0.39, 0.29) is 0 Å². The third kappa shape index (κ3) is 3.46. The van der Waals surface area contributed by atoms with Crippen LogP contribution in [0.1, 0.15) is 45.1 Å². The van der Waals surface area contributed by atoms with Crippen LogP contribution in [0.3, 0.4) is 0 Å². The van der Waals surface area contributed by atoms with E-state index >= 15 is 0 Å². The molecule has 1 nitrogen and oxygen atoms in total. The fraction of sp³-hybridized carbons (Fsp3) is 0.600. The molecule has 2 rings (SSSR count). The average Bonchev–Trinajstić information content (AvgIpc) is 2.24. The topological polar surface area (TPSA) is 20.2 Å². The van der Waals surface area contributed by atoms with Crippen LogP contribution in [0.2, 0.25) is 5.02 Å². The van der Waals surface area contributed by atoms with Crippen molar-refractivity contribution in [3.05, 3.63) is 34.9 Å². The van der Waals surface area contributed by atoms with E-state index in [9.17, 15) is 5.11 Å². The van der Waals surface area contributed by atoms with Gasteiger partial charge in [-0.1, -0.05) is 37.6 Å². The summed E-state index contributed by atoms with van der Waals surface area (Å²) >= 11 is 5.97. The van der Waals surface area contributed by atoms with Crippen LogP contribution in [-0.2, 0) is 6.42 Å². The quantitative estimate of drug-likeness (QED) is 0.836. The van der Waals surface area contributed by atoms with Gasteiger partial charge in [0, 0.05) is 11.4 Å². The normalized spacial score (nSPS) is 22.4. The number of aliphatic hydroxyl groups is 1. The summed E-state index contributed by atoms with van der Waals surface area (Å²) in [5.41, 5.74) is 1.00. The Bertz CT molecular complexity index is 388. The van der Waals surface area contributed by atoms with Crippen molar-refractivity contribution in [2.75, 3.05) is 0 Å². The van der Waals surface area contributed by atoms with E-state index in [0.29, 0.717) is 5.41 Å². The minimum atomic E-state index is -0.528. The highest BCUT2D eigenvalue weighted by atomic mass is 35.5. The molecule has 1 aromatic carbocycles. The summed E-state index contributed by atoms with van der Waals surface area (Å²) in [6, 6.07) is 7.83. The zero-order chi connectivity index (χ0) is 12.5. The fourth-order valence-corrected chi connectivity index (χ4v) is 2.81. The molecule has 94 valence electrons. The third-order valence-electron chi connectivity index (χ3n) is 3.96. The van der Waals surface area contributed by atoms with Crippen LogP contribution in [0.25, 0.3) is 0 Å². The van der Waals surface area contributed by atoms with Gasteiger partial charge in [-0.2, -0.15) is 0 Å². The lowest BCUT2D eigenvalue weighted by Gasteiger charge is -2.40. The molecule has 0 unspecified atom stereocenters. The summed E-state index contributed by atoms with van der Waals surface area (Å²) in [5, 5.41) is 11.4. The van der Waals surface area contributed by atoms with Crippen molar-refractivity contribution in [1.82, 2.24) is 0 Å². The van der Waals surface area contributed by atoms with Crippen molar-refractivity contribution in [2.24, 2.45) is 5.41 Å². The summed E-state index contributed by atoms with van der Waals surface area (Å²) in [7, 11) is 0. The van der Waals surface area contributed by atoms with Crippen molar-refractivity contribution in [1.29, 1.82) is 0 Å². The van der Waals surface area contributed by atoms with Crippen LogP contribution < -0.4 is 0 Å². The minimum absolute atomic E-state index is 0.389. The van der Waals surface area contributed by atoms with Crippen molar-refractivity contribution in [3.8, 4) is 0 Å². The Balaban J connectivity index is 2.04. The number of benzene rings is 1. The monoisotopic (exact) mass is 252 g/mol. The van der Waals surface area contributed by atoms with E-state index in [1.165, 1.54) is 0 Å². The standard InChI is InChI=1S/C15H21ClO/c1-14(2)6-8-15(17,9-7-14)11-12-4-3-5-13(16)10-12/h3-5,10,17H,6-9,11H2,1-2H3. The number of rotatable bonds is 2. The summed E-state index contributed by atoms with van der Waals surface area (Å²) < 4.78 is 0. The predicted octanol–water partition coefficient (Wildman–Crippen LogP) is 4.21. The zero-order valence-electron chi connectivity index (χ0n) is 10.7. The second-order valence-corrected chi connectivity index (χ2v) is 6.63. The van der Waals surface area contributed by atoms with Crippen LogP contribution in [-0.4, -0.2) is 10.7 Å². The first-order chi connectivity index (χ1) is 7.89. The maximum Gasteiger partial charge on any atom is 0.0688 e. The molecule has 1 saturated carbocycles. The molecule has 2 heteroatoms. The molecule has 0 aromatic heterocycles. The van der Waals surface area contributed by atoms with Gasteiger partial charge in [0.2, 0.25) is 0 Å². The first kappa shape index (κ1) is 12.9. The van der Waals surface area contributed by atoms with Gasteiger partial charge < -0.3 is 5.11 Å². The van der Waals surface area contributed by atoms with Crippen molar-refractivity contribution < 1.29 is 5.11 Å². The van der Waals surface area contributed by atoms with Gasteiger partial charge in [0.15, 0.2) is 0 Å². The molecular weight excluding hydrogens is 232 g/mol. The molecule has 1 N–H and O–H groups in total. The van der Waals surface area contributed by atoms with Crippen molar-refractivity contribution >= 4 is 11.6 Å². The van der Waals surface area contributed by atoms with Crippen LogP contribution in [0.15, 0.2) is 24.3 Å². The van der Waals surface area contributed by atoms with Crippen LogP contribution in [0.5, 0.6) is 0 Å². The Kier molecular flexibility index (Phi) is 3.51. The number of hydrogen-bond donors (Lipinski definition) is 1. The molecule has 0 atom stereocenters. The average molecular weight is 253 g/mol. The molecule has 0 heterocycles. The highest BCUT2D eigenvalue weighted by Crippen LogP contribution is 2.41. The highest BCUT2D eigenvalue weighted by Gasteiger charge is 2.36. The molecule has 1 fully saturated rings. The molecule has 0 amide bonds. The van der Waals surface area contributed by atoms with E-state index in [1.807, 2.05) is 24.3 Å². The Labute approximate surface area is 109 Å². The van der Waals surface area contributed by atoms with E-state index in [1.54, 1.807) is 0 Å². The second-order valence-electron chi connectivity index (χ2n) is 6.20. The molecule has 0 radical (unpaired) electrons. The van der Waals surface area contributed by atoms with Crippen LogP contribution in [0.4, 0.5) is 0 Å². The van der Waals surface area contributed by atoms with Gasteiger partial charge in [0.05, 0.1) is 5.60 Å². The van der Waals surface area contributed by atoms with Gasteiger partial charge in [-0.3, -0.25) is 0 Å². The van der Waals surface area contributed by atoms with E-state index in [4.69, 9.17) is 11.6 Å². The van der Waals surface area contributed by atoms with Gasteiger partial charge in [-0.15, -0.1) is 0 Å². The molecule has 0 bridgehead atoms. The lowest BCUT2D eigenvalue weighted by Crippen LogP contribution is -2.38. The Morgan fingerprint density at radius 1 is 1.18 bits per heavy atom. The van der Waals surface area contributed by atoms with Gasteiger partial charge in [0.25, 0.3) is 0 Å². The van der Waals surface area contributed by atoms with Crippen LogP contribution in [0, 0.1) is 5.41 Å². The summed E-state index contributed by atoms with van der Waals surface area (Å²) in [6.45, 7) is 4.57. The van der Waals surface area contributed by atoms with Gasteiger partial charge in [-0.25, -0.2) is 0 Å². The molecule has 0 aliphatic heterocycles. The second kappa shape index (κ2) is 4.62. The molecule has 17 heavy (non-hydrogen) atoms. The van der Waals surface area contributed by atoms with Gasteiger partial charge in [-0.05, 0) is 48.8 Å². The predicted molar refractivity (Wildman–Crippen MR) is 72.4 cm³/mol. The van der Waals surface area contributed by atoms with E-state index in [0.717, 1.165) is 42.7 Å². The maximum atomic E-state index is 10.6. The fourth-order valence-electron chi connectivity index (χ4n) is 2.60. The van der Waals surface area contributed by atoms with Crippen LogP contribution >= 0.6 is 11.6 Å². The Morgan fingerprint density at radius 3 is 2.41 bits per heavy atom. The third-order valence-corrected chi connectivity index (χ3v) is 4.19. The number of hydrogen-bond acceptors (Lipinski definition) is 1. The molecule has 1 aliphatic carbocycles. The maximum absolute atomic E-state index is 10.6. The first-order valence-electron chi connectivity index (χ1n) is 6.36. The summed E-state index contributed by atoms with van der Waals surface area (Å²) in [6.07, 6.45) is 4.72. The van der Waals surface area contributed by atoms with Gasteiger partial charge >= 0.3 is 0 Å². The summed E-state index contributed by atoms with van der Waals surface area (Å²) in [5.74, 6) is 0. The van der Waals surface area contributed by atoms with Crippen molar-refractivity contribution in [2.45, 2.75) is 51.6 Å². The Morgan fingerprint density at radius 2 is 1.82 bits per heavy atom. The number of halogens is 1. The lowest BCUT2D eigenvalue weighted by atomic mass is 9.69. The minimum Gasteiger partial charge on any atom is -0.390 e. The van der Waals surface area contributed by atoms with E-state index in [2.05, 4.69) is 13.8 Å². The molecule has 0 saturated heterocycles.